The molecule has 0 amide bonds. The highest BCUT2D eigenvalue weighted by Crippen LogP contribution is 2.27. The summed E-state index contributed by atoms with van der Waals surface area (Å²) in [5.41, 5.74) is 0.975. The Labute approximate surface area is 97.8 Å². The summed E-state index contributed by atoms with van der Waals surface area (Å²) in [6.07, 6.45) is 5.56. The summed E-state index contributed by atoms with van der Waals surface area (Å²) < 4.78 is 5.22. The molecule has 2 nitrogen and oxygen atoms in total. The summed E-state index contributed by atoms with van der Waals surface area (Å²) in [7, 11) is 0. The van der Waals surface area contributed by atoms with Gasteiger partial charge >= 0.3 is 0 Å². The maximum Gasteiger partial charge on any atom is 0.121 e. The predicted molar refractivity (Wildman–Crippen MR) is 60.3 cm³/mol. The van der Waals surface area contributed by atoms with Gasteiger partial charge in [-0.25, -0.2) is 0 Å². The maximum absolute atomic E-state index is 6.18. The molecule has 0 aromatic carbocycles. The van der Waals surface area contributed by atoms with E-state index in [0.717, 1.165) is 11.3 Å². The van der Waals surface area contributed by atoms with Gasteiger partial charge in [0.1, 0.15) is 5.76 Å². The third-order valence-corrected chi connectivity index (χ3v) is 2.82. The van der Waals surface area contributed by atoms with Crippen LogP contribution in [-0.4, -0.2) is 4.98 Å². The molecule has 2 heterocycles. The molecule has 2 rings (SSSR count). The fourth-order valence-electron chi connectivity index (χ4n) is 1.33. The highest BCUT2D eigenvalue weighted by Gasteiger charge is 2.13. The molecule has 0 spiro atoms. The third kappa shape index (κ3) is 2.52. The van der Waals surface area contributed by atoms with Gasteiger partial charge in [-0.2, -0.15) is 0 Å². The average molecular weight is 242 g/mol. The summed E-state index contributed by atoms with van der Waals surface area (Å²) >= 11 is 12.2. The molecule has 0 saturated carbocycles. The molecule has 0 radical (unpaired) electrons. The quantitative estimate of drug-likeness (QED) is 0.764. The third-order valence-electron chi connectivity index (χ3n) is 2.11. The van der Waals surface area contributed by atoms with E-state index in [1.165, 1.54) is 0 Å². The van der Waals surface area contributed by atoms with Crippen molar-refractivity contribution in [3.8, 4) is 0 Å². The topological polar surface area (TPSA) is 26.0 Å². The van der Waals surface area contributed by atoms with Gasteiger partial charge in [0.15, 0.2) is 0 Å². The Bertz CT molecular complexity index is 428. The molecule has 0 fully saturated rings. The Morgan fingerprint density at radius 3 is 2.93 bits per heavy atom. The van der Waals surface area contributed by atoms with Crippen molar-refractivity contribution in [2.24, 2.45) is 0 Å². The van der Waals surface area contributed by atoms with Crippen LogP contribution in [0.25, 0.3) is 0 Å². The molecular weight excluding hydrogens is 233 g/mol. The number of furan rings is 1. The van der Waals surface area contributed by atoms with Gasteiger partial charge in [-0.05, 0) is 30.2 Å². The van der Waals surface area contributed by atoms with Crippen LogP contribution in [0.4, 0.5) is 0 Å². The fourth-order valence-corrected chi connectivity index (χ4v) is 1.82. The van der Waals surface area contributed by atoms with Crippen LogP contribution in [0.1, 0.15) is 16.7 Å². The fraction of sp³-hybridized carbons (Fsp3) is 0.182. The van der Waals surface area contributed by atoms with Crippen molar-refractivity contribution in [3.05, 3.63) is 53.2 Å². The number of nitrogens with zero attached hydrogens (tertiary/aromatic N) is 1. The maximum atomic E-state index is 6.18. The van der Waals surface area contributed by atoms with Crippen LogP contribution in [0.3, 0.4) is 0 Å². The lowest BCUT2D eigenvalue weighted by molar-refractivity contribution is 0.502. The number of hydrogen-bond acceptors (Lipinski definition) is 2. The minimum atomic E-state index is -0.195. The zero-order chi connectivity index (χ0) is 10.7. The van der Waals surface area contributed by atoms with E-state index in [4.69, 9.17) is 27.6 Å². The Morgan fingerprint density at radius 1 is 1.40 bits per heavy atom. The summed E-state index contributed by atoms with van der Waals surface area (Å²) in [5, 5.41) is 0.439. The second kappa shape index (κ2) is 4.69. The van der Waals surface area contributed by atoms with Crippen molar-refractivity contribution in [2.45, 2.75) is 11.8 Å². The van der Waals surface area contributed by atoms with Crippen molar-refractivity contribution in [1.82, 2.24) is 4.98 Å². The van der Waals surface area contributed by atoms with Gasteiger partial charge in [0, 0.05) is 12.4 Å². The molecule has 0 bridgehead atoms. The number of pyridine rings is 1. The van der Waals surface area contributed by atoms with E-state index in [1.54, 1.807) is 18.7 Å². The lowest BCUT2D eigenvalue weighted by Crippen LogP contribution is -1.95. The summed E-state index contributed by atoms with van der Waals surface area (Å²) in [6.45, 7) is 0. The SMILES string of the molecule is Clc1cnccc1CC(Cl)c1ccco1. The van der Waals surface area contributed by atoms with E-state index in [1.807, 2.05) is 18.2 Å². The molecule has 0 saturated heterocycles. The van der Waals surface area contributed by atoms with Crippen molar-refractivity contribution in [1.29, 1.82) is 0 Å². The van der Waals surface area contributed by atoms with E-state index >= 15 is 0 Å². The minimum absolute atomic E-state index is 0.195. The molecule has 1 atom stereocenters. The number of rotatable bonds is 3. The van der Waals surface area contributed by atoms with Crippen LogP contribution in [0.15, 0.2) is 41.3 Å². The molecule has 2 aromatic rings. The molecule has 0 aliphatic rings. The molecule has 4 heteroatoms. The van der Waals surface area contributed by atoms with E-state index < -0.39 is 0 Å². The van der Waals surface area contributed by atoms with E-state index in [0.29, 0.717) is 11.4 Å². The smallest absolute Gasteiger partial charge is 0.121 e. The van der Waals surface area contributed by atoms with Crippen LogP contribution in [-0.2, 0) is 6.42 Å². The summed E-state index contributed by atoms with van der Waals surface area (Å²) in [4.78, 5) is 3.92. The first-order valence-corrected chi connectivity index (χ1v) is 5.34. The average Bonchev–Trinajstić information content (AvgIpc) is 2.74. The molecule has 2 aromatic heterocycles. The second-order valence-corrected chi connectivity index (χ2v) is 4.09. The van der Waals surface area contributed by atoms with Crippen LogP contribution in [0.5, 0.6) is 0 Å². The minimum Gasteiger partial charge on any atom is -0.468 e. The van der Waals surface area contributed by atoms with Gasteiger partial charge < -0.3 is 4.42 Å². The highest BCUT2D eigenvalue weighted by molar-refractivity contribution is 6.31. The molecular formula is C11H9Cl2NO. The Kier molecular flexibility index (Phi) is 3.29. The number of aromatic nitrogens is 1. The van der Waals surface area contributed by atoms with Gasteiger partial charge in [-0.15, -0.1) is 11.6 Å². The van der Waals surface area contributed by atoms with Crippen molar-refractivity contribution < 1.29 is 4.42 Å². The predicted octanol–water partition coefficient (Wildman–Crippen LogP) is 3.85. The van der Waals surface area contributed by atoms with Gasteiger partial charge in [0.2, 0.25) is 0 Å². The Hall–Kier alpha value is -0.990. The van der Waals surface area contributed by atoms with Crippen LogP contribution < -0.4 is 0 Å². The summed E-state index contributed by atoms with van der Waals surface area (Å²) in [6, 6.07) is 5.53. The highest BCUT2D eigenvalue weighted by atomic mass is 35.5. The number of alkyl halides is 1. The van der Waals surface area contributed by atoms with Gasteiger partial charge in [0.25, 0.3) is 0 Å². The Balaban J connectivity index is 2.13. The lowest BCUT2D eigenvalue weighted by atomic mass is 10.1. The van der Waals surface area contributed by atoms with E-state index in [-0.39, 0.29) is 5.38 Å². The first-order chi connectivity index (χ1) is 7.27. The zero-order valence-corrected chi connectivity index (χ0v) is 9.37. The van der Waals surface area contributed by atoms with Crippen molar-refractivity contribution in [2.75, 3.05) is 0 Å². The monoisotopic (exact) mass is 241 g/mol. The standard InChI is InChI=1S/C11H9Cl2NO/c12-9(11-2-1-5-15-11)6-8-3-4-14-7-10(8)13/h1-5,7,9H,6H2. The van der Waals surface area contributed by atoms with Crippen molar-refractivity contribution in [3.63, 3.8) is 0 Å². The van der Waals surface area contributed by atoms with Crippen LogP contribution >= 0.6 is 23.2 Å². The molecule has 1 unspecified atom stereocenters. The Morgan fingerprint density at radius 2 is 2.27 bits per heavy atom. The zero-order valence-electron chi connectivity index (χ0n) is 7.86. The first kappa shape index (κ1) is 10.5. The normalized spacial score (nSPS) is 12.7. The first-order valence-electron chi connectivity index (χ1n) is 4.53. The lowest BCUT2D eigenvalue weighted by Gasteiger charge is -2.07. The van der Waals surface area contributed by atoms with Crippen LogP contribution in [0, 0.1) is 0 Å². The van der Waals surface area contributed by atoms with E-state index in [9.17, 15) is 0 Å². The van der Waals surface area contributed by atoms with Gasteiger partial charge in [-0.1, -0.05) is 11.6 Å². The summed E-state index contributed by atoms with van der Waals surface area (Å²) in [5.74, 6) is 0.754. The molecule has 0 N–H and O–H groups in total. The van der Waals surface area contributed by atoms with Gasteiger partial charge in [0.05, 0.1) is 16.7 Å². The number of hydrogen-bond donors (Lipinski definition) is 0. The van der Waals surface area contributed by atoms with Crippen molar-refractivity contribution >= 4 is 23.2 Å². The largest absolute Gasteiger partial charge is 0.468 e. The molecule has 0 aliphatic carbocycles. The number of halogens is 2. The second-order valence-electron chi connectivity index (χ2n) is 3.15. The van der Waals surface area contributed by atoms with Crippen LogP contribution in [0.2, 0.25) is 5.02 Å². The molecule has 78 valence electrons. The van der Waals surface area contributed by atoms with Gasteiger partial charge in [-0.3, -0.25) is 4.98 Å². The molecule has 15 heavy (non-hydrogen) atoms. The van der Waals surface area contributed by atoms with E-state index in [2.05, 4.69) is 4.98 Å². The molecule has 0 aliphatic heterocycles.